The van der Waals surface area contributed by atoms with Gasteiger partial charge >= 0.3 is 0 Å². The number of carbonyl (C=O) groups is 1. The molecule has 1 aromatic carbocycles. The number of nitrogen functional groups attached to an aromatic ring is 1. The van der Waals surface area contributed by atoms with Crippen LogP contribution in [0.3, 0.4) is 0 Å². The van der Waals surface area contributed by atoms with E-state index >= 15 is 0 Å². The highest BCUT2D eigenvalue weighted by Crippen LogP contribution is 2.44. The summed E-state index contributed by atoms with van der Waals surface area (Å²) in [6.45, 7) is 2.57. The molecule has 0 radical (unpaired) electrons. The zero-order valence-corrected chi connectivity index (χ0v) is 18.8. The SMILES string of the molecule is C[C@H](O)C(=O)NCCCn1c(Sc2cc3c(cc2N(C)C)OCO3)nc2c(N)ncnc21. The average Bonchev–Trinajstić information content (AvgIpc) is 3.35. The van der Waals surface area contributed by atoms with Crippen molar-refractivity contribution in [2.24, 2.45) is 0 Å². The van der Waals surface area contributed by atoms with Crippen molar-refractivity contribution in [1.82, 2.24) is 24.8 Å². The van der Waals surface area contributed by atoms with Crippen LogP contribution < -0.4 is 25.4 Å². The molecule has 0 fully saturated rings. The predicted molar refractivity (Wildman–Crippen MR) is 120 cm³/mol. The van der Waals surface area contributed by atoms with E-state index in [1.807, 2.05) is 35.7 Å². The molecule has 11 nitrogen and oxygen atoms in total. The molecule has 2 aromatic heterocycles. The van der Waals surface area contributed by atoms with Gasteiger partial charge in [0.15, 0.2) is 33.6 Å². The summed E-state index contributed by atoms with van der Waals surface area (Å²) < 4.78 is 13.0. The van der Waals surface area contributed by atoms with Gasteiger partial charge in [0.1, 0.15) is 12.4 Å². The van der Waals surface area contributed by atoms with Gasteiger partial charge in [-0.05, 0) is 25.1 Å². The average molecular weight is 460 g/mol. The molecule has 0 aliphatic carbocycles. The summed E-state index contributed by atoms with van der Waals surface area (Å²) in [5, 5.41) is 12.7. The monoisotopic (exact) mass is 459 g/mol. The van der Waals surface area contributed by atoms with E-state index in [1.165, 1.54) is 25.0 Å². The van der Waals surface area contributed by atoms with Gasteiger partial charge in [-0.1, -0.05) is 0 Å². The molecule has 1 atom stereocenters. The lowest BCUT2D eigenvalue weighted by molar-refractivity contribution is -0.128. The van der Waals surface area contributed by atoms with E-state index in [1.54, 1.807) is 0 Å². The first kappa shape index (κ1) is 22.0. The van der Waals surface area contributed by atoms with Crippen molar-refractivity contribution < 1.29 is 19.4 Å². The summed E-state index contributed by atoms with van der Waals surface area (Å²) in [5.74, 6) is 1.28. The Morgan fingerprint density at radius 2 is 2.09 bits per heavy atom. The number of rotatable bonds is 8. The number of hydrogen-bond donors (Lipinski definition) is 3. The zero-order valence-electron chi connectivity index (χ0n) is 18.0. The lowest BCUT2D eigenvalue weighted by Crippen LogP contribution is -2.33. The predicted octanol–water partition coefficient (Wildman–Crippen LogP) is 1.24. The molecule has 4 rings (SSSR count). The number of imidazole rings is 1. The minimum atomic E-state index is -1.04. The van der Waals surface area contributed by atoms with Crippen LogP contribution in [0.15, 0.2) is 28.5 Å². The number of benzene rings is 1. The molecule has 0 spiro atoms. The molecule has 170 valence electrons. The summed E-state index contributed by atoms with van der Waals surface area (Å²) in [7, 11) is 3.91. The maximum atomic E-state index is 11.6. The molecule has 32 heavy (non-hydrogen) atoms. The third kappa shape index (κ3) is 4.36. The molecule has 3 heterocycles. The Hall–Kier alpha value is -3.25. The van der Waals surface area contributed by atoms with E-state index in [2.05, 4.69) is 15.3 Å². The normalized spacial score (nSPS) is 13.4. The second-order valence-corrected chi connectivity index (χ2v) is 8.48. The number of anilines is 2. The number of nitrogens with one attached hydrogen (secondary N) is 1. The standard InChI is InChI=1S/C20H25N7O4S/c1-11(28)19(29)22-5-4-6-27-18-16(17(21)23-9-24-18)25-20(27)32-15-8-14-13(30-10-31-14)7-12(15)26(2)3/h7-9,11,28H,4-6,10H2,1-3H3,(H,22,29)(H2,21,23,24)/t11-/m0/s1. The summed E-state index contributed by atoms with van der Waals surface area (Å²) in [4.78, 5) is 27.7. The Morgan fingerprint density at radius 1 is 1.34 bits per heavy atom. The molecule has 0 bridgehead atoms. The smallest absolute Gasteiger partial charge is 0.248 e. The molecule has 0 saturated heterocycles. The number of fused-ring (bicyclic) bond motifs is 2. The van der Waals surface area contributed by atoms with E-state index in [4.69, 9.17) is 20.2 Å². The van der Waals surface area contributed by atoms with Crippen molar-refractivity contribution in [2.45, 2.75) is 36.0 Å². The topological polar surface area (TPSA) is 141 Å². The van der Waals surface area contributed by atoms with Gasteiger partial charge in [0, 0.05) is 44.2 Å². The Labute approximate surface area is 188 Å². The number of nitrogens with zero attached hydrogens (tertiary/aromatic N) is 5. The van der Waals surface area contributed by atoms with Crippen molar-refractivity contribution in [2.75, 3.05) is 38.1 Å². The molecule has 4 N–H and O–H groups in total. The highest BCUT2D eigenvalue weighted by molar-refractivity contribution is 7.99. The van der Waals surface area contributed by atoms with E-state index in [0.717, 1.165) is 10.6 Å². The second-order valence-electron chi connectivity index (χ2n) is 7.47. The molecule has 1 aliphatic heterocycles. The maximum Gasteiger partial charge on any atom is 0.248 e. The number of hydrogen-bond acceptors (Lipinski definition) is 10. The van der Waals surface area contributed by atoms with Crippen LogP contribution in [0.5, 0.6) is 11.5 Å². The van der Waals surface area contributed by atoms with Gasteiger partial charge in [-0.3, -0.25) is 4.79 Å². The molecule has 12 heteroatoms. The largest absolute Gasteiger partial charge is 0.454 e. The van der Waals surface area contributed by atoms with Crippen LogP contribution in [0.25, 0.3) is 11.2 Å². The lowest BCUT2D eigenvalue weighted by Gasteiger charge is -2.18. The third-order valence-corrected chi connectivity index (χ3v) is 5.94. The van der Waals surface area contributed by atoms with Crippen LogP contribution in [-0.2, 0) is 11.3 Å². The van der Waals surface area contributed by atoms with Crippen LogP contribution in [0.1, 0.15) is 13.3 Å². The van der Waals surface area contributed by atoms with Crippen LogP contribution in [0.4, 0.5) is 11.5 Å². The van der Waals surface area contributed by atoms with Crippen LogP contribution in [0, 0.1) is 0 Å². The molecule has 0 saturated carbocycles. The second kappa shape index (κ2) is 9.09. The fourth-order valence-electron chi connectivity index (χ4n) is 3.25. The number of ether oxygens (including phenoxy) is 2. The number of aromatic nitrogens is 4. The minimum absolute atomic E-state index is 0.194. The van der Waals surface area contributed by atoms with Gasteiger partial charge in [0.2, 0.25) is 12.7 Å². The summed E-state index contributed by atoms with van der Waals surface area (Å²) in [6.07, 6.45) is 0.979. The molecule has 0 unspecified atom stereocenters. The van der Waals surface area contributed by atoms with Gasteiger partial charge in [0.25, 0.3) is 0 Å². The van der Waals surface area contributed by atoms with Gasteiger partial charge in [0.05, 0.1) is 5.69 Å². The summed E-state index contributed by atoms with van der Waals surface area (Å²) in [6, 6.07) is 3.88. The first-order chi connectivity index (χ1) is 15.3. The number of amides is 1. The Kier molecular flexibility index (Phi) is 6.24. The van der Waals surface area contributed by atoms with Gasteiger partial charge in [-0.25, -0.2) is 15.0 Å². The van der Waals surface area contributed by atoms with E-state index in [9.17, 15) is 9.90 Å². The highest BCUT2D eigenvalue weighted by Gasteiger charge is 2.22. The molecular formula is C20H25N7O4S. The minimum Gasteiger partial charge on any atom is -0.454 e. The van der Waals surface area contributed by atoms with Gasteiger partial charge in [-0.15, -0.1) is 0 Å². The summed E-state index contributed by atoms with van der Waals surface area (Å²) >= 11 is 1.46. The Morgan fingerprint density at radius 3 is 2.81 bits per heavy atom. The number of aliphatic hydroxyl groups is 1. The van der Waals surface area contributed by atoms with Crippen LogP contribution in [0.2, 0.25) is 0 Å². The number of carbonyl (C=O) groups excluding carboxylic acids is 1. The Balaban J connectivity index is 1.65. The van der Waals surface area contributed by atoms with Gasteiger partial charge < -0.3 is 35.1 Å². The maximum absolute atomic E-state index is 11.6. The number of aliphatic hydroxyl groups excluding tert-OH is 1. The Bertz CT molecular complexity index is 1150. The first-order valence-electron chi connectivity index (χ1n) is 10.1. The van der Waals surface area contributed by atoms with Crippen LogP contribution >= 0.6 is 11.8 Å². The van der Waals surface area contributed by atoms with Crippen molar-refractivity contribution in [1.29, 1.82) is 0 Å². The first-order valence-corrected chi connectivity index (χ1v) is 10.9. The van der Waals surface area contributed by atoms with Crippen molar-refractivity contribution in [3.63, 3.8) is 0 Å². The van der Waals surface area contributed by atoms with Crippen molar-refractivity contribution in [3.05, 3.63) is 18.5 Å². The quantitative estimate of drug-likeness (QED) is 0.421. The van der Waals surface area contributed by atoms with Crippen molar-refractivity contribution >= 4 is 40.3 Å². The highest BCUT2D eigenvalue weighted by atomic mass is 32.2. The summed E-state index contributed by atoms with van der Waals surface area (Å²) in [5.41, 5.74) is 8.15. The fourth-order valence-corrected chi connectivity index (χ4v) is 4.39. The number of nitrogens with two attached hydrogens (primary N) is 1. The van der Waals surface area contributed by atoms with Crippen LogP contribution in [-0.4, -0.2) is 64.1 Å². The molecule has 1 amide bonds. The molecular weight excluding hydrogens is 434 g/mol. The lowest BCUT2D eigenvalue weighted by atomic mass is 10.2. The van der Waals surface area contributed by atoms with E-state index in [-0.39, 0.29) is 6.79 Å². The van der Waals surface area contributed by atoms with E-state index in [0.29, 0.717) is 53.1 Å². The van der Waals surface area contributed by atoms with Gasteiger partial charge in [-0.2, -0.15) is 0 Å². The molecule has 3 aromatic rings. The number of aryl methyl sites for hydroxylation is 1. The third-order valence-electron chi connectivity index (χ3n) is 4.90. The van der Waals surface area contributed by atoms with E-state index < -0.39 is 12.0 Å². The zero-order chi connectivity index (χ0) is 22.8. The molecule has 1 aliphatic rings. The fraction of sp³-hybridized carbons (Fsp3) is 0.400. The van der Waals surface area contributed by atoms with Crippen molar-refractivity contribution in [3.8, 4) is 11.5 Å².